The molecular weight excluding hydrogens is 283 g/mol. The topological polar surface area (TPSA) is 49.3 Å². The molecule has 3 nitrogen and oxygen atoms in total. The van der Waals surface area contributed by atoms with Crippen LogP contribution in [0.25, 0.3) is 0 Å². The molecule has 0 bridgehead atoms. The van der Waals surface area contributed by atoms with Crippen molar-refractivity contribution < 1.29 is 23.1 Å². The number of aliphatic hydroxyl groups excluding tert-OH is 1. The molecule has 1 fully saturated rings. The molecule has 1 saturated carbocycles. The highest BCUT2D eigenvalue weighted by molar-refractivity contribution is 5.89. The van der Waals surface area contributed by atoms with Gasteiger partial charge >= 0.3 is 6.18 Å². The zero-order valence-electron chi connectivity index (χ0n) is 11.7. The Morgan fingerprint density at radius 1 is 1.43 bits per heavy atom. The van der Waals surface area contributed by atoms with E-state index in [1.54, 1.807) is 0 Å². The van der Waals surface area contributed by atoms with Crippen molar-refractivity contribution in [2.75, 3.05) is 6.54 Å². The predicted octanol–water partition coefficient (Wildman–Crippen LogP) is 2.46. The Hall–Kier alpha value is -1.56. The average Bonchev–Trinajstić information content (AvgIpc) is 2.33. The van der Waals surface area contributed by atoms with Crippen molar-refractivity contribution in [3.05, 3.63) is 35.4 Å². The van der Waals surface area contributed by atoms with E-state index in [1.165, 1.54) is 0 Å². The molecule has 1 unspecified atom stereocenters. The monoisotopic (exact) mass is 301 g/mol. The number of amides is 1. The van der Waals surface area contributed by atoms with Crippen molar-refractivity contribution >= 4 is 5.91 Å². The number of aryl methyl sites for hydroxylation is 1. The molecule has 116 valence electrons. The summed E-state index contributed by atoms with van der Waals surface area (Å²) in [6.45, 7) is 1.09. The maximum Gasteiger partial charge on any atom is 0.416 e. The molecule has 0 aliphatic heterocycles. The molecule has 0 heterocycles. The van der Waals surface area contributed by atoms with Gasteiger partial charge in [0, 0.05) is 0 Å². The fraction of sp³-hybridized carbons (Fsp3) is 0.533. The number of halogens is 3. The van der Waals surface area contributed by atoms with E-state index >= 15 is 0 Å². The number of carbonyl (C=O) groups is 1. The number of alkyl halides is 3. The summed E-state index contributed by atoms with van der Waals surface area (Å²) in [5, 5.41) is 11.2. The average molecular weight is 301 g/mol. The summed E-state index contributed by atoms with van der Waals surface area (Å²) in [5.41, 5.74) is 1.08. The minimum Gasteiger partial charge on any atom is -0.382 e. The van der Waals surface area contributed by atoms with Gasteiger partial charge in [-0.2, -0.15) is 13.2 Å². The zero-order valence-corrected chi connectivity index (χ0v) is 11.7. The van der Waals surface area contributed by atoms with Crippen LogP contribution in [0.2, 0.25) is 0 Å². The SMILES string of the molecule is Cc1cccc(C2(C(=O)NCC(O)C(F)(F)F)CCC2)c1. The third-order valence-corrected chi connectivity index (χ3v) is 4.05. The molecule has 1 aromatic rings. The molecule has 1 amide bonds. The highest BCUT2D eigenvalue weighted by Gasteiger charge is 2.46. The largest absolute Gasteiger partial charge is 0.416 e. The van der Waals surface area contributed by atoms with Crippen LogP contribution in [0.15, 0.2) is 24.3 Å². The number of carbonyl (C=O) groups excluding carboxylic acids is 1. The van der Waals surface area contributed by atoms with Crippen LogP contribution < -0.4 is 5.32 Å². The fourth-order valence-corrected chi connectivity index (χ4v) is 2.59. The van der Waals surface area contributed by atoms with Gasteiger partial charge in [0.15, 0.2) is 6.10 Å². The van der Waals surface area contributed by atoms with Crippen LogP contribution in [0, 0.1) is 6.92 Å². The number of hydrogen-bond donors (Lipinski definition) is 2. The summed E-state index contributed by atoms with van der Waals surface area (Å²) in [4.78, 5) is 12.3. The standard InChI is InChI=1S/C15H18F3NO2/c1-10-4-2-5-11(8-10)14(6-3-7-14)13(21)19-9-12(20)15(16,17)18/h2,4-5,8,12,20H,3,6-7,9H2,1H3,(H,19,21). The molecule has 0 spiro atoms. The van der Waals surface area contributed by atoms with Gasteiger partial charge in [-0.3, -0.25) is 4.79 Å². The first-order valence-corrected chi connectivity index (χ1v) is 6.86. The van der Waals surface area contributed by atoms with Crippen LogP contribution in [-0.2, 0) is 10.2 Å². The van der Waals surface area contributed by atoms with Crippen molar-refractivity contribution in [3.63, 3.8) is 0 Å². The lowest BCUT2D eigenvalue weighted by atomic mass is 9.63. The fourth-order valence-electron chi connectivity index (χ4n) is 2.59. The number of benzene rings is 1. The van der Waals surface area contributed by atoms with E-state index in [1.807, 2.05) is 31.2 Å². The lowest BCUT2D eigenvalue weighted by Gasteiger charge is -2.41. The summed E-state index contributed by atoms with van der Waals surface area (Å²) < 4.78 is 36.8. The maximum absolute atomic E-state index is 12.3. The molecule has 6 heteroatoms. The number of hydrogen-bond acceptors (Lipinski definition) is 2. The Morgan fingerprint density at radius 2 is 2.10 bits per heavy atom. The first kappa shape index (κ1) is 15.8. The zero-order chi connectivity index (χ0) is 15.7. The highest BCUT2D eigenvalue weighted by atomic mass is 19.4. The smallest absolute Gasteiger partial charge is 0.382 e. The summed E-state index contributed by atoms with van der Waals surface area (Å²) in [5.74, 6) is -0.442. The van der Waals surface area contributed by atoms with Crippen molar-refractivity contribution in [1.82, 2.24) is 5.32 Å². The number of nitrogens with one attached hydrogen (secondary N) is 1. The predicted molar refractivity (Wildman–Crippen MR) is 71.8 cm³/mol. The lowest BCUT2D eigenvalue weighted by Crippen LogP contribution is -2.52. The molecular formula is C15H18F3NO2. The summed E-state index contributed by atoms with van der Waals surface area (Å²) in [6.07, 6.45) is -5.16. The summed E-state index contributed by atoms with van der Waals surface area (Å²) >= 11 is 0. The molecule has 1 aliphatic rings. The van der Waals surface area contributed by atoms with Crippen LogP contribution >= 0.6 is 0 Å². The molecule has 2 rings (SSSR count). The third-order valence-electron chi connectivity index (χ3n) is 4.05. The van der Waals surface area contributed by atoms with Gasteiger partial charge in [0.1, 0.15) is 0 Å². The van der Waals surface area contributed by atoms with Gasteiger partial charge in [0.05, 0.1) is 12.0 Å². The quantitative estimate of drug-likeness (QED) is 0.897. The molecule has 0 radical (unpaired) electrons. The van der Waals surface area contributed by atoms with Crippen molar-refractivity contribution in [2.24, 2.45) is 0 Å². The third kappa shape index (κ3) is 3.20. The minimum atomic E-state index is -4.72. The Balaban J connectivity index is 2.09. The van der Waals surface area contributed by atoms with Gasteiger partial charge < -0.3 is 10.4 Å². The molecule has 1 atom stereocenters. The normalized spacial score (nSPS) is 18.7. The number of aliphatic hydroxyl groups is 1. The second-order valence-corrected chi connectivity index (χ2v) is 5.57. The Kier molecular flexibility index (Phi) is 4.27. The minimum absolute atomic E-state index is 0.442. The maximum atomic E-state index is 12.3. The van der Waals surface area contributed by atoms with Gasteiger partial charge in [-0.15, -0.1) is 0 Å². The highest BCUT2D eigenvalue weighted by Crippen LogP contribution is 2.44. The molecule has 0 aromatic heterocycles. The van der Waals surface area contributed by atoms with Crippen molar-refractivity contribution in [2.45, 2.75) is 43.9 Å². The molecule has 1 aromatic carbocycles. The van der Waals surface area contributed by atoms with Gasteiger partial charge in [-0.25, -0.2) is 0 Å². The van der Waals surface area contributed by atoms with E-state index in [0.717, 1.165) is 17.5 Å². The summed E-state index contributed by atoms with van der Waals surface area (Å²) in [7, 11) is 0. The van der Waals surface area contributed by atoms with Gasteiger partial charge in [0.25, 0.3) is 0 Å². The first-order valence-electron chi connectivity index (χ1n) is 6.86. The molecule has 1 aliphatic carbocycles. The van der Waals surface area contributed by atoms with Crippen molar-refractivity contribution in [1.29, 1.82) is 0 Å². The Labute approximate surface area is 121 Å². The van der Waals surface area contributed by atoms with E-state index in [0.29, 0.717) is 12.8 Å². The Bertz CT molecular complexity index is 524. The van der Waals surface area contributed by atoms with Crippen LogP contribution in [0.3, 0.4) is 0 Å². The van der Waals surface area contributed by atoms with Crippen LogP contribution in [0.1, 0.15) is 30.4 Å². The summed E-state index contributed by atoms with van der Waals surface area (Å²) in [6, 6.07) is 7.45. The van der Waals surface area contributed by atoms with E-state index in [9.17, 15) is 18.0 Å². The van der Waals surface area contributed by atoms with Gasteiger partial charge in [0.2, 0.25) is 5.91 Å². The van der Waals surface area contributed by atoms with Crippen LogP contribution in [0.5, 0.6) is 0 Å². The van der Waals surface area contributed by atoms with E-state index in [2.05, 4.69) is 5.32 Å². The van der Waals surface area contributed by atoms with Crippen LogP contribution in [-0.4, -0.2) is 29.8 Å². The van der Waals surface area contributed by atoms with Crippen LogP contribution in [0.4, 0.5) is 13.2 Å². The molecule has 2 N–H and O–H groups in total. The lowest BCUT2D eigenvalue weighted by molar-refractivity contribution is -0.202. The first-order chi connectivity index (χ1) is 9.75. The second-order valence-electron chi connectivity index (χ2n) is 5.57. The van der Waals surface area contributed by atoms with Gasteiger partial charge in [-0.05, 0) is 25.3 Å². The van der Waals surface area contributed by atoms with Crippen molar-refractivity contribution in [3.8, 4) is 0 Å². The Morgan fingerprint density at radius 3 is 2.57 bits per heavy atom. The second kappa shape index (κ2) is 5.67. The van der Waals surface area contributed by atoms with Gasteiger partial charge in [-0.1, -0.05) is 36.2 Å². The number of rotatable bonds is 4. The molecule has 21 heavy (non-hydrogen) atoms. The van der Waals surface area contributed by atoms with E-state index in [-0.39, 0.29) is 0 Å². The van der Waals surface area contributed by atoms with E-state index in [4.69, 9.17) is 5.11 Å². The van der Waals surface area contributed by atoms with E-state index < -0.39 is 30.1 Å². The molecule has 0 saturated heterocycles.